The molecule has 0 radical (unpaired) electrons. The van der Waals surface area contributed by atoms with Crippen molar-refractivity contribution < 1.29 is 4.79 Å². The molecule has 0 atom stereocenters. The molecule has 0 fully saturated rings. The van der Waals surface area contributed by atoms with Crippen LogP contribution in [0.3, 0.4) is 0 Å². The van der Waals surface area contributed by atoms with Gasteiger partial charge in [-0.15, -0.1) is 11.3 Å². The van der Waals surface area contributed by atoms with Gasteiger partial charge in [0.1, 0.15) is 5.69 Å². The van der Waals surface area contributed by atoms with Gasteiger partial charge >= 0.3 is 0 Å². The number of benzene rings is 1. The molecule has 1 aromatic carbocycles. The molecule has 4 nitrogen and oxygen atoms in total. The fraction of sp³-hybridized carbons (Fsp3) is 0.333. The molecule has 1 amide bonds. The Morgan fingerprint density at radius 3 is 2.75 bits per heavy atom. The van der Waals surface area contributed by atoms with E-state index in [9.17, 15) is 4.79 Å². The van der Waals surface area contributed by atoms with Crippen LogP contribution in [0.25, 0.3) is 0 Å². The molecule has 1 aromatic heterocycles. The van der Waals surface area contributed by atoms with Gasteiger partial charge in [0.05, 0.1) is 5.01 Å². The molecule has 0 unspecified atom stereocenters. The van der Waals surface area contributed by atoms with Crippen LogP contribution in [0, 0.1) is 6.92 Å². The van der Waals surface area contributed by atoms with Crippen LogP contribution in [0.1, 0.15) is 34.9 Å². The molecule has 0 aliphatic heterocycles. The fourth-order valence-electron chi connectivity index (χ4n) is 1.99. The van der Waals surface area contributed by atoms with Gasteiger partial charge in [0.15, 0.2) is 0 Å². The maximum absolute atomic E-state index is 12.5. The second-order valence-corrected chi connectivity index (χ2v) is 6.09. The van der Waals surface area contributed by atoms with Crippen molar-refractivity contribution in [1.29, 1.82) is 0 Å². The van der Waals surface area contributed by atoms with Crippen LogP contribution < -0.4 is 5.73 Å². The number of thiazole rings is 1. The number of carbonyl (C=O) groups excluding carboxylic acids is 1. The topological polar surface area (TPSA) is 59.2 Å². The zero-order chi connectivity index (χ0) is 14.7. The lowest BCUT2D eigenvalue weighted by atomic mass is 10.1. The van der Waals surface area contributed by atoms with E-state index in [1.165, 1.54) is 11.3 Å². The Morgan fingerprint density at radius 2 is 2.20 bits per heavy atom. The standard InChI is InChI=1S/C15H19N3OS/c1-10(2)18(8-12-5-4-6-13(16)7-12)15(19)14-9-20-11(3)17-14/h4-7,9-10H,8,16H2,1-3H3. The van der Waals surface area contributed by atoms with Gasteiger partial charge in [-0.3, -0.25) is 4.79 Å². The van der Waals surface area contributed by atoms with Crippen molar-refractivity contribution in [3.8, 4) is 0 Å². The van der Waals surface area contributed by atoms with Crippen LogP contribution in [0.2, 0.25) is 0 Å². The van der Waals surface area contributed by atoms with E-state index in [1.807, 2.05) is 55.3 Å². The van der Waals surface area contributed by atoms with Crippen LogP contribution >= 0.6 is 11.3 Å². The Morgan fingerprint density at radius 1 is 1.45 bits per heavy atom. The summed E-state index contributed by atoms with van der Waals surface area (Å²) in [5, 5.41) is 2.72. The van der Waals surface area contributed by atoms with Gasteiger partial charge in [-0.2, -0.15) is 0 Å². The average molecular weight is 289 g/mol. The van der Waals surface area contributed by atoms with Crippen LogP contribution in [-0.4, -0.2) is 21.8 Å². The number of hydrogen-bond donors (Lipinski definition) is 1. The Labute approximate surface area is 123 Å². The van der Waals surface area contributed by atoms with Gasteiger partial charge < -0.3 is 10.6 Å². The lowest BCUT2D eigenvalue weighted by molar-refractivity contribution is 0.0685. The van der Waals surface area contributed by atoms with Gasteiger partial charge in [-0.25, -0.2) is 4.98 Å². The molecule has 0 bridgehead atoms. The zero-order valence-electron chi connectivity index (χ0n) is 12.0. The molecule has 0 aliphatic rings. The molecule has 2 aromatic rings. The third-order valence-corrected chi connectivity index (χ3v) is 3.80. The second kappa shape index (κ2) is 6.05. The Hall–Kier alpha value is -1.88. The molecule has 2 rings (SSSR count). The van der Waals surface area contributed by atoms with Crippen LogP contribution in [0.15, 0.2) is 29.6 Å². The minimum Gasteiger partial charge on any atom is -0.399 e. The minimum absolute atomic E-state index is 0.0354. The molecular weight excluding hydrogens is 270 g/mol. The first-order chi connectivity index (χ1) is 9.47. The molecule has 0 saturated carbocycles. The number of rotatable bonds is 4. The summed E-state index contributed by atoms with van der Waals surface area (Å²) >= 11 is 1.49. The van der Waals surface area contributed by atoms with E-state index in [1.54, 1.807) is 0 Å². The molecule has 0 aliphatic carbocycles. The number of nitrogen functional groups attached to an aromatic ring is 1. The molecular formula is C15H19N3OS. The van der Waals surface area contributed by atoms with Crippen LogP contribution in [0.4, 0.5) is 5.69 Å². The Kier molecular flexibility index (Phi) is 4.39. The third-order valence-electron chi connectivity index (χ3n) is 3.03. The minimum atomic E-state index is -0.0354. The molecule has 5 heteroatoms. The first-order valence-corrected chi connectivity index (χ1v) is 7.43. The van der Waals surface area contributed by atoms with Crippen molar-refractivity contribution in [2.45, 2.75) is 33.4 Å². The fourth-order valence-corrected chi connectivity index (χ4v) is 2.57. The molecule has 0 saturated heterocycles. The van der Waals surface area contributed by atoms with Crippen molar-refractivity contribution in [2.75, 3.05) is 5.73 Å². The van der Waals surface area contributed by atoms with E-state index >= 15 is 0 Å². The van der Waals surface area contributed by atoms with Gasteiger partial charge in [-0.05, 0) is 38.5 Å². The highest BCUT2D eigenvalue weighted by Gasteiger charge is 2.21. The molecule has 2 N–H and O–H groups in total. The van der Waals surface area contributed by atoms with Crippen molar-refractivity contribution in [3.05, 3.63) is 45.9 Å². The highest BCUT2D eigenvalue weighted by atomic mass is 32.1. The lowest BCUT2D eigenvalue weighted by Gasteiger charge is -2.26. The maximum Gasteiger partial charge on any atom is 0.273 e. The number of carbonyl (C=O) groups is 1. The summed E-state index contributed by atoms with van der Waals surface area (Å²) in [6, 6.07) is 7.72. The lowest BCUT2D eigenvalue weighted by Crippen LogP contribution is -2.36. The molecule has 1 heterocycles. The van der Waals surface area contributed by atoms with Gasteiger partial charge in [0, 0.05) is 23.7 Å². The smallest absolute Gasteiger partial charge is 0.273 e. The highest BCUT2D eigenvalue weighted by molar-refractivity contribution is 7.09. The van der Waals surface area contributed by atoms with Crippen molar-refractivity contribution in [1.82, 2.24) is 9.88 Å². The van der Waals surface area contributed by atoms with E-state index < -0.39 is 0 Å². The quantitative estimate of drug-likeness (QED) is 0.880. The van der Waals surface area contributed by atoms with Crippen LogP contribution in [0.5, 0.6) is 0 Å². The Balaban J connectivity index is 2.21. The van der Waals surface area contributed by atoms with Gasteiger partial charge in [0.25, 0.3) is 5.91 Å². The zero-order valence-corrected chi connectivity index (χ0v) is 12.8. The van der Waals surface area contributed by atoms with Crippen LogP contribution in [-0.2, 0) is 6.54 Å². The van der Waals surface area contributed by atoms with Crippen molar-refractivity contribution in [3.63, 3.8) is 0 Å². The summed E-state index contributed by atoms with van der Waals surface area (Å²) < 4.78 is 0. The van der Waals surface area contributed by atoms with E-state index in [2.05, 4.69) is 4.98 Å². The number of aryl methyl sites for hydroxylation is 1. The van der Waals surface area contributed by atoms with E-state index in [0.717, 1.165) is 10.6 Å². The van der Waals surface area contributed by atoms with E-state index in [0.29, 0.717) is 17.9 Å². The number of hydrogen-bond acceptors (Lipinski definition) is 4. The SMILES string of the molecule is Cc1nc(C(=O)N(Cc2cccc(N)c2)C(C)C)cs1. The average Bonchev–Trinajstić information content (AvgIpc) is 2.82. The number of nitrogens with two attached hydrogens (primary N) is 1. The summed E-state index contributed by atoms with van der Waals surface area (Å²) in [4.78, 5) is 18.6. The first-order valence-electron chi connectivity index (χ1n) is 6.55. The largest absolute Gasteiger partial charge is 0.399 e. The second-order valence-electron chi connectivity index (χ2n) is 5.02. The number of anilines is 1. The molecule has 0 spiro atoms. The summed E-state index contributed by atoms with van der Waals surface area (Å²) in [7, 11) is 0. The molecule has 20 heavy (non-hydrogen) atoms. The number of amides is 1. The summed E-state index contributed by atoms with van der Waals surface area (Å²) in [5.74, 6) is -0.0354. The Bertz CT molecular complexity index is 607. The predicted molar refractivity (Wildman–Crippen MR) is 82.7 cm³/mol. The monoisotopic (exact) mass is 289 g/mol. The summed E-state index contributed by atoms with van der Waals surface area (Å²) in [5.41, 5.74) is 8.04. The summed E-state index contributed by atoms with van der Waals surface area (Å²) in [6.45, 7) is 6.45. The van der Waals surface area contributed by atoms with Gasteiger partial charge in [-0.1, -0.05) is 12.1 Å². The first kappa shape index (κ1) is 14.5. The molecule has 106 valence electrons. The summed E-state index contributed by atoms with van der Waals surface area (Å²) in [6.07, 6.45) is 0. The third kappa shape index (κ3) is 3.36. The highest BCUT2D eigenvalue weighted by Crippen LogP contribution is 2.16. The van der Waals surface area contributed by atoms with Gasteiger partial charge in [0.2, 0.25) is 0 Å². The van der Waals surface area contributed by atoms with Crippen molar-refractivity contribution in [2.24, 2.45) is 0 Å². The van der Waals surface area contributed by atoms with Crippen molar-refractivity contribution >= 4 is 22.9 Å². The number of aromatic nitrogens is 1. The van der Waals surface area contributed by atoms with E-state index in [-0.39, 0.29) is 11.9 Å². The van der Waals surface area contributed by atoms with E-state index in [4.69, 9.17) is 5.73 Å². The maximum atomic E-state index is 12.5. The number of nitrogens with zero attached hydrogens (tertiary/aromatic N) is 2. The normalized spacial score (nSPS) is 10.8. The predicted octanol–water partition coefficient (Wildman–Crippen LogP) is 3.08.